The SMILES string of the molecule is COC(=O)NCc1cc(C2CC2)n(C)n1. The summed E-state index contributed by atoms with van der Waals surface area (Å²) in [5, 5.41) is 6.94. The normalized spacial score (nSPS) is 15.1. The van der Waals surface area contributed by atoms with Gasteiger partial charge in [-0.15, -0.1) is 0 Å². The summed E-state index contributed by atoms with van der Waals surface area (Å²) in [6, 6.07) is 2.05. The van der Waals surface area contributed by atoms with Crippen molar-refractivity contribution in [3.63, 3.8) is 0 Å². The summed E-state index contributed by atoms with van der Waals surface area (Å²) in [4.78, 5) is 10.9. The predicted molar refractivity (Wildman–Crippen MR) is 54.4 cm³/mol. The highest BCUT2D eigenvalue weighted by Gasteiger charge is 2.27. The lowest BCUT2D eigenvalue weighted by molar-refractivity contribution is 0.170. The Kier molecular flexibility index (Phi) is 2.62. The monoisotopic (exact) mass is 209 g/mol. The molecule has 5 nitrogen and oxygen atoms in total. The van der Waals surface area contributed by atoms with Gasteiger partial charge in [0.25, 0.3) is 0 Å². The van der Waals surface area contributed by atoms with Crippen LogP contribution in [0.25, 0.3) is 0 Å². The van der Waals surface area contributed by atoms with Gasteiger partial charge in [-0.3, -0.25) is 4.68 Å². The number of hydrogen-bond donors (Lipinski definition) is 1. The molecule has 1 aromatic heterocycles. The van der Waals surface area contributed by atoms with Gasteiger partial charge in [0.05, 0.1) is 19.3 Å². The number of carbonyl (C=O) groups excluding carboxylic acids is 1. The number of aromatic nitrogens is 2. The minimum absolute atomic E-state index is 0.423. The molecule has 0 radical (unpaired) electrons. The van der Waals surface area contributed by atoms with Crippen molar-refractivity contribution in [1.82, 2.24) is 15.1 Å². The third-order valence-corrected chi connectivity index (χ3v) is 2.56. The van der Waals surface area contributed by atoms with E-state index in [1.807, 2.05) is 17.8 Å². The number of carbonyl (C=O) groups is 1. The van der Waals surface area contributed by atoms with Crippen molar-refractivity contribution >= 4 is 6.09 Å². The van der Waals surface area contributed by atoms with E-state index in [9.17, 15) is 4.79 Å². The fourth-order valence-electron chi connectivity index (χ4n) is 1.63. The Labute approximate surface area is 88.4 Å². The van der Waals surface area contributed by atoms with Crippen LogP contribution in [0.3, 0.4) is 0 Å². The van der Waals surface area contributed by atoms with Gasteiger partial charge in [-0.25, -0.2) is 4.79 Å². The molecule has 1 amide bonds. The summed E-state index contributed by atoms with van der Waals surface area (Å²) < 4.78 is 6.38. The number of ether oxygens (including phenoxy) is 1. The van der Waals surface area contributed by atoms with E-state index in [1.54, 1.807) is 0 Å². The topological polar surface area (TPSA) is 56.1 Å². The highest BCUT2D eigenvalue weighted by molar-refractivity contribution is 5.66. The molecule has 0 spiro atoms. The summed E-state index contributed by atoms with van der Waals surface area (Å²) >= 11 is 0. The molecule has 0 bridgehead atoms. The van der Waals surface area contributed by atoms with Crippen LogP contribution in [0.5, 0.6) is 0 Å². The van der Waals surface area contributed by atoms with Crippen LogP contribution in [-0.2, 0) is 18.3 Å². The van der Waals surface area contributed by atoms with E-state index < -0.39 is 6.09 Å². The summed E-state index contributed by atoms with van der Waals surface area (Å²) in [5.74, 6) is 0.675. The van der Waals surface area contributed by atoms with E-state index in [0.29, 0.717) is 12.5 Å². The second-order valence-corrected chi connectivity index (χ2v) is 3.80. The first-order chi connectivity index (χ1) is 7.20. The number of methoxy groups -OCH3 is 1. The average molecular weight is 209 g/mol. The molecule has 0 aromatic carbocycles. The second kappa shape index (κ2) is 3.92. The maximum atomic E-state index is 10.9. The zero-order valence-electron chi connectivity index (χ0n) is 8.99. The summed E-state index contributed by atoms with van der Waals surface area (Å²) in [6.07, 6.45) is 2.08. The molecular formula is C10H15N3O2. The molecule has 15 heavy (non-hydrogen) atoms. The van der Waals surface area contributed by atoms with Gasteiger partial charge in [-0.05, 0) is 18.9 Å². The third kappa shape index (κ3) is 2.29. The molecule has 2 rings (SSSR count). The number of nitrogens with zero attached hydrogens (tertiary/aromatic N) is 2. The molecule has 1 aromatic rings. The lowest BCUT2D eigenvalue weighted by Gasteiger charge is -1.99. The van der Waals surface area contributed by atoms with Crippen LogP contribution in [0, 0.1) is 0 Å². The average Bonchev–Trinajstić information content (AvgIpc) is 3.00. The van der Waals surface area contributed by atoms with E-state index in [0.717, 1.165) is 5.69 Å². The standard InChI is InChI=1S/C10H15N3O2/c1-13-9(7-3-4-7)5-8(12-13)6-11-10(14)15-2/h5,7H,3-4,6H2,1-2H3,(H,11,14). The molecule has 1 saturated carbocycles. The highest BCUT2D eigenvalue weighted by atomic mass is 16.5. The Hall–Kier alpha value is -1.52. The highest BCUT2D eigenvalue weighted by Crippen LogP contribution is 2.39. The van der Waals surface area contributed by atoms with E-state index in [-0.39, 0.29) is 0 Å². The number of aryl methyl sites for hydroxylation is 1. The fraction of sp³-hybridized carbons (Fsp3) is 0.600. The molecule has 0 aliphatic heterocycles. The van der Waals surface area contributed by atoms with Gasteiger partial charge in [0.1, 0.15) is 0 Å². The first-order valence-electron chi connectivity index (χ1n) is 5.05. The quantitative estimate of drug-likeness (QED) is 0.812. The van der Waals surface area contributed by atoms with Crippen LogP contribution in [-0.4, -0.2) is 23.0 Å². The zero-order valence-corrected chi connectivity index (χ0v) is 8.99. The number of hydrogen-bond acceptors (Lipinski definition) is 3. The summed E-state index contributed by atoms with van der Waals surface area (Å²) in [7, 11) is 3.29. The first kappa shape index (κ1) is 10.0. The van der Waals surface area contributed by atoms with E-state index in [4.69, 9.17) is 0 Å². The van der Waals surface area contributed by atoms with E-state index in [2.05, 4.69) is 15.2 Å². The number of nitrogens with one attached hydrogen (secondary N) is 1. The van der Waals surface area contributed by atoms with E-state index >= 15 is 0 Å². The van der Waals surface area contributed by atoms with Crippen molar-refractivity contribution in [3.05, 3.63) is 17.5 Å². The lowest BCUT2D eigenvalue weighted by Crippen LogP contribution is -2.22. The molecule has 1 fully saturated rings. The molecule has 82 valence electrons. The largest absolute Gasteiger partial charge is 0.453 e. The van der Waals surface area contributed by atoms with Gasteiger partial charge in [0.15, 0.2) is 0 Å². The van der Waals surface area contributed by atoms with Crippen molar-refractivity contribution in [3.8, 4) is 0 Å². The Morgan fingerprint density at radius 3 is 3.07 bits per heavy atom. The molecule has 0 saturated heterocycles. The smallest absolute Gasteiger partial charge is 0.407 e. The summed E-state index contributed by atoms with van der Waals surface area (Å²) in [6.45, 7) is 0.424. The van der Waals surface area contributed by atoms with Gasteiger partial charge in [0, 0.05) is 18.7 Å². The van der Waals surface area contributed by atoms with Crippen LogP contribution in [0.1, 0.15) is 30.1 Å². The molecule has 5 heteroatoms. The minimum Gasteiger partial charge on any atom is -0.453 e. The predicted octanol–water partition coefficient (Wildman–Crippen LogP) is 1.15. The van der Waals surface area contributed by atoms with Gasteiger partial charge in [-0.2, -0.15) is 5.10 Å². The Morgan fingerprint density at radius 1 is 1.73 bits per heavy atom. The fourth-order valence-corrected chi connectivity index (χ4v) is 1.63. The number of amides is 1. The van der Waals surface area contributed by atoms with Crippen molar-refractivity contribution in [1.29, 1.82) is 0 Å². The van der Waals surface area contributed by atoms with Gasteiger partial charge < -0.3 is 10.1 Å². The third-order valence-electron chi connectivity index (χ3n) is 2.56. The molecule has 1 heterocycles. The molecule has 1 N–H and O–H groups in total. The lowest BCUT2D eigenvalue weighted by atomic mass is 10.2. The molecule has 1 aliphatic rings. The Morgan fingerprint density at radius 2 is 2.47 bits per heavy atom. The van der Waals surface area contributed by atoms with Gasteiger partial charge >= 0.3 is 6.09 Å². The van der Waals surface area contributed by atoms with Gasteiger partial charge in [0.2, 0.25) is 0 Å². The minimum atomic E-state index is -0.423. The maximum absolute atomic E-state index is 10.9. The first-order valence-corrected chi connectivity index (χ1v) is 5.05. The van der Waals surface area contributed by atoms with Crippen LogP contribution in [0.4, 0.5) is 4.79 Å². The van der Waals surface area contributed by atoms with Crippen LogP contribution in [0.15, 0.2) is 6.07 Å². The van der Waals surface area contributed by atoms with Crippen molar-refractivity contribution in [2.75, 3.05) is 7.11 Å². The van der Waals surface area contributed by atoms with Crippen LogP contribution >= 0.6 is 0 Å². The maximum Gasteiger partial charge on any atom is 0.407 e. The summed E-state index contributed by atoms with van der Waals surface area (Å²) in [5.41, 5.74) is 2.14. The van der Waals surface area contributed by atoms with Crippen molar-refractivity contribution in [2.24, 2.45) is 7.05 Å². The zero-order chi connectivity index (χ0) is 10.8. The van der Waals surface area contributed by atoms with Crippen LogP contribution < -0.4 is 5.32 Å². The van der Waals surface area contributed by atoms with Crippen molar-refractivity contribution < 1.29 is 9.53 Å². The second-order valence-electron chi connectivity index (χ2n) is 3.80. The van der Waals surface area contributed by atoms with Gasteiger partial charge in [-0.1, -0.05) is 0 Å². The number of alkyl carbamates (subject to hydrolysis) is 1. The number of rotatable bonds is 3. The Bertz CT molecular complexity index is 369. The van der Waals surface area contributed by atoms with E-state index in [1.165, 1.54) is 25.6 Å². The van der Waals surface area contributed by atoms with Crippen LogP contribution in [0.2, 0.25) is 0 Å². The molecular weight excluding hydrogens is 194 g/mol. The molecule has 1 aliphatic carbocycles. The Balaban J connectivity index is 1.96. The molecule has 0 atom stereocenters. The van der Waals surface area contributed by atoms with Crippen molar-refractivity contribution in [2.45, 2.75) is 25.3 Å². The molecule has 0 unspecified atom stereocenters.